The number of nitrogens with zero attached hydrogens (tertiary/aromatic N) is 4. The van der Waals surface area contributed by atoms with E-state index in [0.717, 1.165) is 17.7 Å². The average molecular weight is 354 g/mol. The minimum Gasteiger partial charge on any atom is -0.378 e. The predicted octanol–water partition coefficient (Wildman–Crippen LogP) is 2.49. The molecule has 0 aromatic carbocycles. The lowest BCUT2D eigenvalue weighted by Crippen LogP contribution is -2.26. The van der Waals surface area contributed by atoms with E-state index >= 15 is 0 Å². The van der Waals surface area contributed by atoms with Gasteiger partial charge in [0.25, 0.3) is 5.56 Å². The van der Waals surface area contributed by atoms with E-state index in [2.05, 4.69) is 38.4 Å². The maximum absolute atomic E-state index is 12.2. The van der Waals surface area contributed by atoms with Gasteiger partial charge in [-0.25, -0.2) is 4.68 Å². The summed E-state index contributed by atoms with van der Waals surface area (Å²) >= 11 is 3.36. The van der Waals surface area contributed by atoms with Gasteiger partial charge in [-0.1, -0.05) is 6.92 Å². The molecule has 0 fully saturated rings. The van der Waals surface area contributed by atoms with Crippen molar-refractivity contribution in [3.05, 3.63) is 38.5 Å². The number of rotatable bonds is 5. The number of halogens is 1. The van der Waals surface area contributed by atoms with Crippen molar-refractivity contribution in [1.29, 1.82) is 0 Å². The highest BCUT2D eigenvalue weighted by Crippen LogP contribution is 2.19. The zero-order valence-corrected chi connectivity index (χ0v) is 14.3. The third kappa shape index (κ3) is 3.34. The molecule has 0 unspecified atom stereocenters. The molecule has 7 heteroatoms. The molecule has 0 radical (unpaired) electrons. The second-order valence-corrected chi connectivity index (χ2v) is 5.99. The van der Waals surface area contributed by atoms with E-state index < -0.39 is 0 Å². The van der Waals surface area contributed by atoms with Crippen LogP contribution in [0, 0.1) is 0 Å². The summed E-state index contributed by atoms with van der Waals surface area (Å²) in [4.78, 5) is 12.2. The Morgan fingerprint density at radius 1 is 1.43 bits per heavy atom. The standard InChI is InChI=1S/C14H20BrN5O/c1-5-11-10(8-19(4)18-11)6-16-12-7-17-20(9(2)3)14(21)13(12)15/h7-9,16H,5-6H2,1-4H3. The quantitative estimate of drug-likeness (QED) is 0.896. The highest BCUT2D eigenvalue weighted by atomic mass is 79.9. The van der Waals surface area contributed by atoms with Crippen molar-refractivity contribution in [3.8, 4) is 0 Å². The van der Waals surface area contributed by atoms with Crippen molar-refractivity contribution in [2.75, 3.05) is 5.32 Å². The van der Waals surface area contributed by atoms with Crippen LogP contribution in [0.4, 0.5) is 5.69 Å². The van der Waals surface area contributed by atoms with E-state index in [-0.39, 0.29) is 11.6 Å². The predicted molar refractivity (Wildman–Crippen MR) is 86.5 cm³/mol. The molecule has 2 aromatic rings. The van der Waals surface area contributed by atoms with Gasteiger partial charge in [-0.2, -0.15) is 10.2 Å². The summed E-state index contributed by atoms with van der Waals surface area (Å²) < 4.78 is 3.77. The lowest BCUT2D eigenvalue weighted by Gasteiger charge is -2.12. The number of hydrogen-bond donors (Lipinski definition) is 1. The maximum atomic E-state index is 12.2. The fourth-order valence-electron chi connectivity index (χ4n) is 2.16. The molecule has 21 heavy (non-hydrogen) atoms. The van der Waals surface area contributed by atoms with Crippen LogP contribution in [0.25, 0.3) is 0 Å². The summed E-state index contributed by atoms with van der Waals surface area (Å²) in [5.41, 5.74) is 2.75. The van der Waals surface area contributed by atoms with Crippen molar-refractivity contribution in [3.63, 3.8) is 0 Å². The van der Waals surface area contributed by atoms with E-state index in [1.54, 1.807) is 10.9 Å². The van der Waals surface area contributed by atoms with Crippen LogP contribution in [0.5, 0.6) is 0 Å². The molecule has 2 rings (SSSR count). The van der Waals surface area contributed by atoms with Crippen LogP contribution < -0.4 is 10.9 Å². The van der Waals surface area contributed by atoms with Gasteiger partial charge >= 0.3 is 0 Å². The first-order valence-electron chi connectivity index (χ1n) is 6.96. The van der Waals surface area contributed by atoms with Crippen LogP contribution in [0.3, 0.4) is 0 Å². The topological polar surface area (TPSA) is 64.7 Å². The summed E-state index contributed by atoms with van der Waals surface area (Å²) in [5.74, 6) is 0. The Morgan fingerprint density at radius 3 is 2.76 bits per heavy atom. The van der Waals surface area contributed by atoms with Gasteiger partial charge in [0.05, 0.1) is 23.6 Å². The molecule has 0 saturated carbocycles. The molecule has 0 atom stereocenters. The van der Waals surface area contributed by atoms with Crippen molar-refractivity contribution in [1.82, 2.24) is 19.6 Å². The van der Waals surface area contributed by atoms with Gasteiger partial charge in [-0.05, 0) is 36.2 Å². The van der Waals surface area contributed by atoms with Crippen LogP contribution in [-0.2, 0) is 20.0 Å². The zero-order chi connectivity index (χ0) is 15.6. The Hall–Kier alpha value is -1.63. The summed E-state index contributed by atoms with van der Waals surface area (Å²) in [6.45, 7) is 6.55. The monoisotopic (exact) mass is 353 g/mol. The normalized spacial score (nSPS) is 11.1. The smallest absolute Gasteiger partial charge is 0.283 e. The summed E-state index contributed by atoms with van der Waals surface area (Å²) in [7, 11) is 1.91. The first-order chi connectivity index (χ1) is 9.93. The molecule has 2 heterocycles. The molecule has 0 aliphatic heterocycles. The van der Waals surface area contributed by atoms with E-state index in [1.807, 2.05) is 27.1 Å². The van der Waals surface area contributed by atoms with E-state index in [0.29, 0.717) is 16.7 Å². The Labute approximate surface area is 132 Å². The second kappa shape index (κ2) is 6.43. The molecule has 0 saturated heterocycles. The molecule has 0 spiro atoms. The van der Waals surface area contributed by atoms with E-state index in [9.17, 15) is 4.79 Å². The Balaban J connectivity index is 2.21. The highest BCUT2D eigenvalue weighted by Gasteiger charge is 2.12. The van der Waals surface area contributed by atoms with E-state index in [1.165, 1.54) is 4.68 Å². The number of anilines is 1. The van der Waals surface area contributed by atoms with Gasteiger partial charge in [-0.3, -0.25) is 9.48 Å². The molecule has 114 valence electrons. The minimum absolute atomic E-state index is 0.0351. The van der Waals surface area contributed by atoms with Gasteiger partial charge in [0.1, 0.15) is 4.47 Å². The lowest BCUT2D eigenvalue weighted by atomic mass is 10.2. The van der Waals surface area contributed by atoms with Crippen molar-refractivity contribution >= 4 is 21.6 Å². The van der Waals surface area contributed by atoms with Crippen LogP contribution in [-0.4, -0.2) is 19.6 Å². The lowest BCUT2D eigenvalue weighted by molar-refractivity contribution is 0.501. The number of hydrogen-bond acceptors (Lipinski definition) is 4. The summed E-state index contributed by atoms with van der Waals surface area (Å²) in [6, 6.07) is 0.0351. The summed E-state index contributed by atoms with van der Waals surface area (Å²) in [5, 5.41) is 11.8. The first-order valence-corrected chi connectivity index (χ1v) is 7.75. The molecular weight excluding hydrogens is 334 g/mol. The molecule has 0 amide bonds. The average Bonchev–Trinajstić information content (AvgIpc) is 2.80. The van der Waals surface area contributed by atoms with Gasteiger partial charge < -0.3 is 5.32 Å². The number of aryl methyl sites for hydroxylation is 2. The molecule has 2 aromatic heterocycles. The molecule has 0 bridgehead atoms. The largest absolute Gasteiger partial charge is 0.378 e. The van der Waals surface area contributed by atoms with Gasteiger partial charge in [-0.15, -0.1) is 0 Å². The van der Waals surface area contributed by atoms with Crippen LogP contribution in [0.2, 0.25) is 0 Å². The first kappa shape index (κ1) is 15.8. The van der Waals surface area contributed by atoms with E-state index in [4.69, 9.17) is 0 Å². The number of nitrogens with one attached hydrogen (secondary N) is 1. The Kier molecular flexibility index (Phi) is 4.82. The minimum atomic E-state index is -0.128. The summed E-state index contributed by atoms with van der Waals surface area (Å²) in [6.07, 6.45) is 4.54. The SMILES string of the molecule is CCc1nn(C)cc1CNc1cnn(C(C)C)c(=O)c1Br. The number of aromatic nitrogens is 4. The van der Waals surface area contributed by atoms with Gasteiger partial charge in [0.2, 0.25) is 0 Å². The highest BCUT2D eigenvalue weighted by molar-refractivity contribution is 9.10. The molecule has 0 aliphatic rings. The molecule has 1 N–H and O–H groups in total. The third-order valence-electron chi connectivity index (χ3n) is 3.23. The molecule has 6 nitrogen and oxygen atoms in total. The van der Waals surface area contributed by atoms with Gasteiger partial charge in [0, 0.05) is 25.4 Å². The maximum Gasteiger partial charge on any atom is 0.283 e. The fraction of sp³-hybridized carbons (Fsp3) is 0.500. The molecular formula is C14H20BrN5O. The van der Waals surface area contributed by atoms with Gasteiger partial charge in [0.15, 0.2) is 0 Å². The zero-order valence-electron chi connectivity index (χ0n) is 12.7. The molecule has 0 aliphatic carbocycles. The van der Waals surface area contributed by atoms with Crippen LogP contribution in [0.15, 0.2) is 21.7 Å². The van der Waals surface area contributed by atoms with Crippen LogP contribution in [0.1, 0.15) is 38.1 Å². The van der Waals surface area contributed by atoms with Crippen LogP contribution >= 0.6 is 15.9 Å². The van der Waals surface area contributed by atoms with Crippen molar-refractivity contribution in [2.45, 2.75) is 39.8 Å². The second-order valence-electron chi connectivity index (χ2n) is 5.20. The van der Waals surface area contributed by atoms with Crippen molar-refractivity contribution < 1.29 is 0 Å². The Bertz CT molecular complexity index is 689. The third-order valence-corrected chi connectivity index (χ3v) is 4.00. The Morgan fingerprint density at radius 2 is 2.14 bits per heavy atom. The fourth-order valence-corrected chi connectivity index (χ4v) is 2.58. The van der Waals surface area contributed by atoms with Crippen molar-refractivity contribution in [2.24, 2.45) is 7.05 Å².